The average Bonchev–Trinajstić information content (AvgIpc) is 2.93. The molecule has 0 fully saturated rings. The lowest BCUT2D eigenvalue weighted by Gasteiger charge is -2.13. The summed E-state index contributed by atoms with van der Waals surface area (Å²) in [5.41, 5.74) is -0.765. The van der Waals surface area contributed by atoms with E-state index in [2.05, 4.69) is 15.0 Å². The van der Waals surface area contributed by atoms with Gasteiger partial charge in [0.2, 0.25) is 0 Å². The molecule has 0 saturated carbocycles. The Morgan fingerprint density at radius 3 is 3.00 bits per heavy atom. The minimum absolute atomic E-state index is 0.219. The van der Waals surface area contributed by atoms with Crippen molar-refractivity contribution in [2.24, 2.45) is 0 Å². The largest absolute Gasteiger partial charge is 0.467 e. The molecule has 0 aromatic carbocycles. The van der Waals surface area contributed by atoms with Crippen LogP contribution in [0.25, 0.3) is 4.96 Å². The van der Waals surface area contributed by atoms with E-state index in [1.165, 1.54) is 21.9 Å². The summed E-state index contributed by atoms with van der Waals surface area (Å²) in [4.78, 5) is 39.7. The summed E-state index contributed by atoms with van der Waals surface area (Å²) in [5.74, 6) is -1.60. The number of hydrogen-bond donors (Lipinski definition) is 2. The van der Waals surface area contributed by atoms with E-state index in [-0.39, 0.29) is 5.56 Å². The maximum atomic E-state index is 12.0. The number of aliphatic hydroxyl groups is 1. The number of nitrogens with one attached hydrogen (secondary N) is 1. The number of aliphatic hydroxyl groups excluding tert-OH is 1. The molecule has 0 aliphatic carbocycles. The fourth-order valence-electron chi connectivity index (χ4n) is 1.54. The molecular formula is C11H11N3O5S. The first-order valence-electron chi connectivity index (χ1n) is 5.53. The number of amides is 1. The van der Waals surface area contributed by atoms with Crippen molar-refractivity contribution in [1.29, 1.82) is 0 Å². The van der Waals surface area contributed by atoms with Crippen molar-refractivity contribution >= 4 is 28.2 Å². The second-order valence-electron chi connectivity index (χ2n) is 3.76. The van der Waals surface area contributed by atoms with Crippen LogP contribution >= 0.6 is 11.3 Å². The van der Waals surface area contributed by atoms with Gasteiger partial charge in [-0.15, -0.1) is 11.3 Å². The van der Waals surface area contributed by atoms with E-state index in [9.17, 15) is 14.4 Å². The molecule has 1 amide bonds. The number of thiazole rings is 1. The van der Waals surface area contributed by atoms with Crippen molar-refractivity contribution in [3.05, 3.63) is 33.7 Å². The van der Waals surface area contributed by atoms with Gasteiger partial charge in [-0.2, -0.15) is 0 Å². The van der Waals surface area contributed by atoms with Crippen LogP contribution in [0.15, 0.2) is 22.6 Å². The third-order valence-corrected chi connectivity index (χ3v) is 3.33. The molecule has 106 valence electrons. The zero-order valence-electron chi connectivity index (χ0n) is 10.4. The van der Waals surface area contributed by atoms with E-state index < -0.39 is 30.1 Å². The molecule has 20 heavy (non-hydrogen) atoms. The molecule has 0 radical (unpaired) electrons. The van der Waals surface area contributed by atoms with Gasteiger partial charge in [0.25, 0.3) is 11.5 Å². The highest BCUT2D eigenvalue weighted by atomic mass is 32.1. The Labute approximate surface area is 116 Å². The van der Waals surface area contributed by atoms with Crippen LogP contribution < -0.4 is 10.9 Å². The summed E-state index contributed by atoms with van der Waals surface area (Å²) in [6.45, 7) is -0.631. The molecule has 0 saturated heterocycles. The van der Waals surface area contributed by atoms with Gasteiger partial charge < -0.3 is 15.2 Å². The fraction of sp³-hybridized carbons (Fsp3) is 0.273. The number of aromatic nitrogens is 2. The number of hydrogen-bond acceptors (Lipinski definition) is 7. The van der Waals surface area contributed by atoms with E-state index in [0.717, 1.165) is 13.3 Å². The first-order valence-corrected chi connectivity index (χ1v) is 6.41. The van der Waals surface area contributed by atoms with E-state index in [0.29, 0.717) is 4.96 Å². The summed E-state index contributed by atoms with van der Waals surface area (Å²) < 4.78 is 5.64. The Morgan fingerprint density at radius 2 is 2.35 bits per heavy atom. The molecule has 2 aromatic heterocycles. The van der Waals surface area contributed by atoms with Gasteiger partial charge in [-0.1, -0.05) is 0 Å². The normalized spacial score (nSPS) is 12.1. The number of rotatable bonds is 4. The fourth-order valence-corrected chi connectivity index (χ4v) is 2.21. The van der Waals surface area contributed by atoms with Gasteiger partial charge in [0, 0.05) is 17.8 Å². The molecule has 2 N–H and O–H groups in total. The molecule has 1 unspecified atom stereocenters. The number of methoxy groups -OCH3 is 1. The van der Waals surface area contributed by atoms with Crippen molar-refractivity contribution in [3.8, 4) is 0 Å². The summed E-state index contributed by atoms with van der Waals surface area (Å²) in [6.07, 6.45) is 2.63. The van der Waals surface area contributed by atoms with Crippen LogP contribution in [-0.4, -0.2) is 46.1 Å². The molecule has 0 bridgehead atoms. The number of carbonyl (C=O) groups is 2. The predicted octanol–water partition coefficient (Wildman–Crippen LogP) is -0.980. The molecule has 0 aliphatic heterocycles. The summed E-state index contributed by atoms with van der Waals surface area (Å²) >= 11 is 1.25. The smallest absolute Gasteiger partial charge is 0.330 e. The van der Waals surface area contributed by atoms with E-state index >= 15 is 0 Å². The minimum Gasteiger partial charge on any atom is -0.467 e. The third kappa shape index (κ3) is 2.53. The minimum atomic E-state index is -1.23. The Balaban J connectivity index is 2.29. The highest BCUT2D eigenvalue weighted by molar-refractivity contribution is 7.15. The maximum absolute atomic E-state index is 12.0. The SMILES string of the molecule is COC(=O)C(CO)NC(=O)c1cnc2sccn2c1=O. The highest BCUT2D eigenvalue weighted by Crippen LogP contribution is 2.05. The Bertz CT molecular complexity index is 707. The Morgan fingerprint density at radius 1 is 1.60 bits per heavy atom. The lowest BCUT2D eigenvalue weighted by molar-refractivity contribution is -0.143. The van der Waals surface area contributed by atoms with Crippen LogP contribution in [-0.2, 0) is 9.53 Å². The van der Waals surface area contributed by atoms with Crippen LogP contribution in [0.1, 0.15) is 10.4 Å². The third-order valence-electron chi connectivity index (χ3n) is 2.56. The lowest BCUT2D eigenvalue weighted by atomic mass is 10.2. The van der Waals surface area contributed by atoms with Gasteiger partial charge in [0.1, 0.15) is 5.56 Å². The van der Waals surface area contributed by atoms with Crippen LogP contribution in [0.4, 0.5) is 0 Å². The number of esters is 1. The topological polar surface area (TPSA) is 110 Å². The van der Waals surface area contributed by atoms with Gasteiger partial charge in [-0.3, -0.25) is 14.0 Å². The number of fused-ring (bicyclic) bond motifs is 1. The van der Waals surface area contributed by atoms with Crippen LogP contribution in [0.2, 0.25) is 0 Å². The molecular weight excluding hydrogens is 286 g/mol. The molecule has 2 aromatic rings. The molecule has 1 atom stereocenters. The van der Waals surface area contributed by atoms with Gasteiger partial charge in [0.05, 0.1) is 13.7 Å². The number of ether oxygens (including phenoxy) is 1. The standard InChI is InChI=1S/C11H11N3O5S/c1-19-10(18)7(5-15)13-8(16)6-4-12-11-14(9(6)17)2-3-20-11/h2-4,7,15H,5H2,1H3,(H,13,16). The van der Waals surface area contributed by atoms with Crippen molar-refractivity contribution < 1.29 is 19.4 Å². The second-order valence-corrected chi connectivity index (χ2v) is 4.64. The summed E-state index contributed by atoms with van der Waals surface area (Å²) in [7, 11) is 1.13. The maximum Gasteiger partial charge on any atom is 0.330 e. The quantitative estimate of drug-likeness (QED) is 0.702. The molecule has 9 heteroatoms. The van der Waals surface area contributed by atoms with Gasteiger partial charge in [-0.05, 0) is 0 Å². The van der Waals surface area contributed by atoms with Crippen molar-refractivity contribution in [2.75, 3.05) is 13.7 Å². The van der Waals surface area contributed by atoms with Gasteiger partial charge >= 0.3 is 5.97 Å². The first kappa shape index (κ1) is 14.2. The molecule has 2 heterocycles. The average molecular weight is 297 g/mol. The zero-order chi connectivity index (χ0) is 14.7. The molecule has 2 rings (SSSR count). The van der Waals surface area contributed by atoms with Crippen LogP contribution in [0.3, 0.4) is 0 Å². The summed E-state index contributed by atoms with van der Waals surface area (Å²) in [5, 5.41) is 12.9. The lowest BCUT2D eigenvalue weighted by Crippen LogP contribution is -2.45. The van der Waals surface area contributed by atoms with E-state index in [1.807, 2.05) is 0 Å². The zero-order valence-corrected chi connectivity index (χ0v) is 11.2. The molecule has 0 aliphatic rings. The molecule has 0 spiro atoms. The van der Waals surface area contributed by atoms with Gasteiger partial charge in [0.15, 0.2) is 11.0 Å². The highest BCUT2D eigenvalue weighted by Gasteiger charge is 2.23. The Hall–Kier alpha value is -2.26. The van der Waals surface area contributed by atoms with Crippen molar-refractivity contribution in [2.45, 2.75) is 6.04 Å². The first-order chi connectivity index (χ1) is 9.58. The Kier molecular flexibility index (Phi) is 4.11. The van der Waals surface area contributed by atoms with Gasteiger partial charge in [-0.25, -0.2) is 9.78 Å². The second kappa shape index (κ2) is 5.80. The van der Waals surface area contributed by atoms with Crippen LogP contribution in [0.5, 0.6) is 0 Å². The summed E-state index contributed by atoms with van der Waals surface area (Å²) in [6, 6.07) is -1.23. The monoisotopic (exact) mass is 297 g/mol. The van der Waals surface area contributed by atoms with Crippen molar-refractivity contribution in [1.82, 2.24) is 14.7 Å². The van der Waals surface area contributed by atoms with Crippen LogP contribution in [0, 0.1) is 0 Å². The van der Waals surface area contributed by atoms with E-state index in [4.69, 9.17) is 5.11 Å². The number of carbonyl (C=O) groups excluding carboxylic acids is 2. The van der Waals surface area contributed by atoms with E-state index in [1.54, 1.807) is 5.38 Å². The number of nitrogens with zero attached hydrogens (tertiary/aromatic N) is 2. The predicted molar refractivity (Wildman–Crippen MR) is 69.7 cm³/mol. The molecule has 8 nitrogen and oxygen atoms in total. The van der Waals surface area contributed by atoms with Crippen molar-refractivity contribution in [3.63, 3.8) is 0 Å².